The molecule has 3 rings (SSSR count). The Labute approximate surface area is 165 Å². The smallest absolute Gasteiger partial charge is 0.416 e. The zero-order chi connectivity index (χ0) is 20.1. The van der Waals surface area contributed by atoms with E-state index in [4.69, 9.17) is 4.74 Å². The minimum atomic E-state index is -4.39. The first-order valence-electron chi connectivity index (χ1n) is 10.7. The molecule has 28 heavy (non-hydrogen) atoms. The molecule has 1 aromatic rings. The van der Waals surface area contributed by atoms with E-state index in [0.717, 1.165) is 43.2 Å². The summed E-state index contributed by atoms with van der Waals surface area (Å²) < 4.78 is 43.6. The second kappa shape index (κ2) is 9.32. The number of hydrogen-bond acceptors (Lipinski definition) is 2. The van der Waals surface area contributed by atoms with E-state index in [1.165, 1.54) is 57.1 Å². The molecule has 0 bridgehead atoms. The Balaban J connectivity index is 1.48. The van der Waals surface area contributed by atoms with Crippen molar-refractivity contribution in [2.75, 3.05) is 0 Å². The van der Waals surface area contributed by atoms with Crippen molar-refractivity contribution in [3.63, 3.8) is 0 Å². The van der Waals surface area contributed by atoms with Gasteiger partial charge in [0.05, 0.1) is 11.1 Å². The Morgan fingerprint density at radius 1 is 1.00 bits per heavy atom. The molecule has 0 heterocycles. The average molecular weight is 396 g/mol. The lowest BCUT2D eigenvalue weighted by Gasteiger charge is -2.42. The molecule has 1 aromatic carbocycles. The van der Waals surface area contributed by atoms with Gasteiger partial charge >= 0.3 is 12.1 Å². The number of benzene rings is 1. The molecule has 2 saturated carbocycles. The standard InChI is InChI=1S/C23H31F3O2/c1-2-3-4-5-16-6-7-19-15-21(13-10-18(19)14-16)28-22(27)17-8-11-20(12-9-17)23(24,25)26/h8-9,11-12,16,18-19,21H,2-7,10,13-15H2,1H3. The number of carbonyl (C=O) groups is 1. The van der Waals surface area contributed by atoms with Gasteiger partial charge in [-0.25, -0.2) is 4.79 Å². The van der Waals surface area contributed by atoms with Crippen LogP contribution in [0.3, 0.4) is 0 Å². The predicted molar refractivity (Wildman–Crippen MR) is 103 cm³/mol. The van der Waals surface area contributed by atoms with Crippen molar-refractivity contribution < 1.29 is 22.7 Å². The summed E-state index contributed by atoms with van der Waals surface area (Å²) >= 11 is 0. The number of halogens is 3. The molecule has 2 aliphatic carbocycles. The molecule has 0 radical (unpaired) electrons. The van der Waals surface area contributed by atoms with Crippen molar-refractivity contribution in [2.24, 2.45) is 17.8 Å². The molecular formula is C23H31F3O2. The molecule has 4 unspecified atom stereocenters. The Morgan fingerprint density at radius 2 is 1.68 bits per heavy atom. The van der Waals surface area contributed by atoms with Crippen LogP contribution in [0.25, 0.3) is 0 Å². The zero-order valence-electron chi connectivity index (χ0n) is 16.6. The molecular weight excluding hydrogens is 365 g/mol. The van der Waals surface area contributed by atoms with Gasteiger partial charge in [0.2, 0.25) is 0 Å². The van der Waals surface area contributed by atoms with Crippen LogP contribution in [0, 0.1) is 17.8 Å². The van der Waals surface area contributed by atoms with E-state index >= 15 is 0 Å². The molecule has 0 spiro atoms. The van der Waals surface area contributed by atoms with Crippen LogP contribution in [0.1, 0.15) is 87.1 Å². The van der Waals surface area contributed by atoms with E-state index in [2.05, 4.69) is 6.92 Å². The first-order chi connectivity index (χ1) is 13.4. The number of unbranched alkanes of at least 4 members (excludes halogenated alkanes) is 2. The van der Waals surface area contributed by atoms with Crippen molar-refractivity contribution in [1.82, 2.24) is 0 Å². The summed E-state index contributed by atoms with van der Waals surface area (Å²) in [6.45, 7) is 2.24. The number of fused-ring (bicyclic) bond motifs is 1. The van der Waals surface area contributed by atoms with Crippen LogP contribution in [-0.2, 0) is 10.9 Å². The normalized spacial score (nSPS) is 27.9. The van der Waals surface area contributed by atoms with Crippen LogP contribution in [-0.4, -0.2) is 12.1 Å². The average Bonchev–Trinajstić information content (AvgIpc) is 2.67. The molecule has 2 nitrogen and oxygen atoms in total. The fourth-order valence-electron chi connectivity index (χ4n) is 5.01. The summed E-state index contributed by atoms with van der Waals surface area (Å²) in [7, 11) is 0. The van der Waals surface area contributed by atoms with Gasteiger partial charge in [0.15, 0.2) is 0 Å². The van der Waals surface area contributed by atoms with Crippen LogP contribution in [0.5, 0.6) is 0 Å². The van der Waals surface area contributed by atoms with Crippen molar-refractivity contribution >= 4 is 5.97 Å². The third-order valence-corrected chi connectivity index (χ3v) is 6.61. The summed E-state index contributed by atoms with van der Waals surface area (Å²) in [5.41, 5.74) is -0.560. The highest BCUT2D eigenvalue weighted by molar-refractivity contribution is 5.89. The van der Waals surface area contributed by atoms with Gasteiger partial charge in [0.25, 0.3) is 0 Å². The van der Waals surface area contributed by atoms with E-state index < -0.39 is 17.7 Å². The van der Waals surface area contributed by atoms with Crippen molar-refractivity contribution in [2.45, 2.75) is 83.4 Å². The summed E-state index contributed by atoms with van der Waals surface area (Å²) in [5.74, 6) is 1.73. The highest BCUT2D eigenvalue weighted by Crippen LogP contribution is 2.44. The quantitative estimate of drug-likeness (QED) is 0.381. The minimum absolute atomic E-state index is 0.104. The van der Waals surface area contributed by atoms with E-state index in [1.54, 1.807) is 0 Å². The molecule has 0 saturated heterocycles. The Morgan fingerprint density at radius 3 is 2.36 bits per heavy atom. The van der Waals surface area contributed by atoms with Crippen molar-refractivity contribution in [3.8, 4) is 0 Å². The fourth-order valence-corrected chi connectivity index (χ4v) is 5.01. The van der Waals surface area contributed by atoms with Crippen molar-refractivity contribution in [1.29, 1.82) is 0 Å². The second-order valence-electron chi connectivity index (χ2n) is 8.61. The van der Waals surface area contributed by atoms with E-state index in [9.17, 15) is 18.0 Å². The van der Waals surface area contributed by atoms with Gasteiger partial charge in [-0.05, 0) is 74.1 Å². The molecule has 0 aromatic heterocycles. The van der Waals surface area contributed by atoms with Crippen molar-refractivity contribution in [3.05, 3.63) is 35.4 Å². The Bertz CT molecular complexity index is 638. The Kier molecular flexibility index (Phi) is 7.05. The first-order valence-corrected chi connectivity index (χ1v) is 10.7. The van der Waals surface area contributed by atoms with Gasteiger partial charge in [-0.1, -0.05) is 39.0 Å². The van der Waals surface area contributed by atoms with Gasteiger partial charge in [-0.15, -0.1) is 0 Å². The largest absolute Gasteiger partial charge is 0.459 e. The molecule has 0 N–H and O–H groups in total. The molecule has 0 aliphatic heterocycles. The predicted octanol–water partition coefficient (Wildman–Crippen LogP) is 7.03. The summed E-state index contributed by atoms with van der Waals surface area (Å²) in [6, 6.07) is 4.29. The minimum Gasteiger partial charge on any atom is -0.459 e. The van der Waals surface area contributed by atoms with E-state index in [-0.39, 0.29) is 11.7 Å². The summed E-state index contributed by atoms with van der Waals surface area (Å²) in [6.07, 6.45) is 7.47. The number of hydrogen-bond donors (Lipinski definition) is 0. The maximum absolute atomic E-state index is 12.6. The maximum Gasteiger partial charge on any atom is 0.416 e. The lowest BCUT2D eigenvalue weighted by Crippen LogP contribution is -2.35. The highest BCUT2D eigenvalue weighted by atomic mass is 19.4. The molecule has 4 atom stereocenters. The van der Waals surface area contributed by atoms with Gasteiger partial charge < -0.3 is 4.74 Å². The molecule has 0 amide bonds. The van der Waals surface area contributed by atoms with Crippen LogP contribution in [0.2, 0.25) is 0 Å². The topological polar surface area (TPSA) is 26.3 Å². The van der Waals surface area contributed by atoms with Crippen LogP contribution >= 0.6 is 0 Å². The molecule has 2 fully saturated rings. The third kappa shape index (κ3) is 5.51. The number of ether oxygens (including phenoxy) is 1. The molecule has 2 aliphatic rings. The van der Waals surface area contributed by atoms with Crippen LogP contribution < -0.4 is 0 Å². The summed E-state index contributed by atoms with van der Waals surface area (Å²) in [4.78, 5) is 12.3. The van der Waals surface area contributed by atoms with Gasteiger partial charge in [-0.3, -0.25) is 0 Å². The van der Waals surface area contributed by atoms with E-state index in [1.807, 2.05) is 0 Å². The first kappa shape index (κ1) is 21.2. The number of esters is 1. The van der Waals surface area contributed by atoms with Crippen LogP contribution in [0.4, 0.5) is 13.2 Å². The fraction of sp³-hybridized carbons (Fsp3) is 0.696. The monoisotopic (exact) mass is 396 g/mol. The van der Waals surface area contributed by atoms with Gasteiger partial charge in [0.1, 0.15) is 6.10 Å². The lowest BCUT2D eigenvalue weighted by atomic mass is 9.66. The van der Waals surface area contributed by atoms with Gasteiger partial charge in [0, 0.05) is 0 Å². The number of carbonyl (C=O) groups excluding carboxylic acids is 1. The summed E-state index contributed by atoms with van der Waals surface area (Å²) in [5, 5.41) is 0. The van der Waals surface area contributed by atoms with E-state index in [0.29, 0.717) is 5.92 Å². The van der Waals surface area contributed by atoms with Gasteiger partial charge in [-0.2, -0.15) is 13.2 Å². The maximum atomic E-state index is 12.6. The second-order valence-corrected chi connectivity index (χ2v) is 8.61. The zero-order valence-corrected chi connectivity index (χ0v) is 16.6. The van der Waals surface area contributed by atoms with Crippen LogP contribution in [0.15, 0.2) is 24.3 Å². The number of alkyl halides is 3. The molecule has 156 valence electrons. The SMILES string of the molecule is CCCCCC1CCC2CC(OC(=O)c3ccc(C(F)(F)F)cc3)CCC2C1. The number of rotatable bonds is 6. The lowest BCUT2D eigenvalue weighted by molar-refractivity contribution is -0.137. The molecule has 5 heteroatoms. The highest BCUT2D eigenvalue weighted by Gasteiger charge is 2.37. The third-order valence-electron chi connectivity index (χ3n) is 6.61. The Hall–Kier alpha value is -1.52.